The molecule has 3 N–H and O–H groups in total. The molecule has 0 aromatic heterocycles. The zero-order chi connectivity index (χ0) is 16.2. The van der Waals surface area contributed by atoms with Crippen molar-refractivity contribution < 1.29 is 4.79 Å². The van der Waals surface area contributed by atoms with Crippen LogP contribution in [-0.2, 0) is 0 Å². The molecule has 5 nitrogen and oxygen atoms in total. The summed E-state index contributed by atoms with van der Waals surface area (Å²) in [6.45, 7) is 4.28. The summed E-state index contributed by atoms with van der Waals surface area (Å²) in [6, 6.07) is 7.30. The Kier molecular flexibility index (Phi) is 13.1. The van der Waals surface area contributed by atoms with E-state index in [4.69, 9.17) is 0 Å². The average molecular weight is 497 g/mol. The van der Waals surface area contributed by atoms with Crippen LogP contribution in [0.2, 0.25) is 0 Å². The first kappa shape index (κ1) is 22.2. The van der Waals surface area contributed by atoms with Gasteiger partial charge in [0.15, 0.2) is 5.96 Å². The van der Waals surface area contributed by atoms with Crippen molar-refractivity contribution in [1.29, 1.82) is 0 Å². The van der Waals surface area contributed by atoms with Gasteiger partial charge in [0, 0.05) is 36.7 Å². The van der Waals surface area contributed by atoms with Gasteiger partial charge in [-0.3, -0.25) is 9.79 Å². The number of carbonyl (C=O) groups excluding carboxylic acids is 1. The van der Waals surface area contributed by atoms with E-state index in [2.05, 4.69) is 43.8 Å². The zero-order valence-electron chi connectivity index (χ0n) is 13.7. The number of aliphatic imine (C=N–C) groups is 1. The molecule has 0 aliphatic rings. The summed E-state index contributed by atoms with van der Waals surface area (Å²) in [5, 5.41) is 9.30. The van der Waals surface area contributed by atoms with Crippen molar-refractivity contribution in [2.75, 3.05) is 26.7 Å². The first-order valence-electron chi connectivity index (χ1n) is 7.65. The molecule has 0 heterocycles. The van der Waals surface area contributed by atoms with Crippen LogP contribution in [0, 0.1) is 0 Å². The summed E-state index contributed by atoms with van der Waals surface area (Å²) in [5.74, 6) is 0.703. The second-order valence-electron chi connectivity index (χ2n) is 4.90. The van der Waals surface area contributed by atoms with Gasteiger partial charge in [-0.2, -0.15) is 0 Å². The van der Waals surface area contributed by atoms with Gasteiger partial charge in [0.2, 0.25) is 0 Å². The largest absolute Gasteiger partial charge is 0.356 e. The van der Waals surface area contributed by atoms with Crippen molar-refractivity contribution in [1.82, 2.24) is 16.0 Å². The number of guanidine groups is 1. The molecule has 1 aromatic rings. The third kappa shape index (κ3) is 9.80. The Morgan fingerprint density at radius 3 is 2.26 bits per heavy atom. The number of carbonyl (C=O) groups is 1. The number of hydrogen-bond donors (Lipinski definition) is 3. The van der Waals surface area contributed by atoms with Gasteiger partial charge in [-0.15, -0.1) is 24.0 Å². The lowest BCUT2D eigenvalue weighted by Gasteiger charge is -2.12. The number of hydrogen-bond acceptors (Lipinski definition) is 2. The summed E-state index contributed by atoms with van der Waals surface area (Å²) >= 11 is 3.35. The first-order chi connectivity index (χ1) is 10.7. The van der Waals surface area contributed by atoms with Gasteiger partial charge < -0.3 is 16.0 Å². The Morgan fingerprint density at radius 1 is 1.04 bits per heavy atom. The van der Waals surface area contributed by atoms with E-state index in [1.165, 1.54) is 12.8 Å². The minimum absolute atomic E-state index is 0. The van der Waals surface area contributed by atoms with E-state index in [0.717, 1.165) is 23.4 Å². The lowest BCUT2D eigenvalue weighted by Crippen LogP contribution is -2.41. The van der Waals surface area contributed by atoms with Gasteiger partial charge in [0.05, 0.1) is 0 Å². The normalized spacial score (nSPS) is 10.7. The maximum absolute atomic E-state index is 11.9. The van der Waals surface area contributed by atoms with E-state index in [9.17, 15) is 4.79 Å². The summed E-state index contributed by atoms with van der Waals surface area (Å²) in [5.41, 5.74) is 0.658. The maximum Gasteiger partial charge on any atom is 0.251 e. The van der Waals surface area contributed by atoms with Crippen LogP contribution in [0.5, 0.6) is 0 Å². The topological polar surface area (TPSA) is 65.5 Å². The molecule has 1 aromatic carbocycles. The van der Waals surface area contributed by atoms with Crippen molar-refractivity contribution in [3.05, 3.63) is 34.3 Å². The van der Waals surface area contributed by atoms with Gasteiger partial charge in [-0.05, 0) is 30.7 Å². The Bertz CT molecular complexity index is 479. The number of rotatable bonds is 8. The number of benzene rings is 1. The predicted molar refractivity (Wildman–Crippen MR) is 111 cm³/mol. The fourth-order valence-electron chi connectivity index (χ4n) is 1.86. The van der Waals surface area contributed by atoms with Crippen LogP contribution in [0.25, 0.3) is 0 Å². The summed E-state index contributed by atoms with van der Waals surface area (Å²) in [6.07, 6.45) is 3.56. The van der Waals surface area contributed by atoms with Gasteiger partial charge in [0.25, 0.3) is 5.91 Å². The lowest BCUT2D eigenvalue weighted by atomic mass is 10.2. The average Bonchev–Trinajstić information content (AvgIpc) is 2.53. The fraction of sp³-hybridized carbons (Fsp3) is 0.500. The highest BCUT2D eigenvalue weighted by atomic mass is 127. The molecular weight excluding hydrogens is 471 g/mol. The third-order valence-electron chi connectivity index (χ3n) is 3.11. The number of nitrogens with one attached hydrogen (secondary N) is 3. The molecule has 0 atom stereocenters. The molecule has 0 bridgehead atoms. The molecule has 1 rings (SSSR count). The molecule has 0 unspecified atom stereocenters. The molecule has 0 saturated heterocycles. The van der Waals surface area contributed by atoms with E-state index in [-0.39, 0.29) is 29.9 Å². The van der Waals surface area contributed by atoms with Crippen molar-refractivity contribution in [2.45, 2.75) is 26.2 Å². The minimum atomic E-state index is -0.0693. The molecule has 0 aliphatic carbocycles. The maximum atomic E-state index is 11.9. The zero-order valence-corrected chi connectivity index (χ0v) is 17.6. The van der Waals surface area contributed by atoms with Crippen LogP contribution >= 0.6 is 39.9 Å². The van der Waals surface area contributed by atoms with Gasteiger partial charge in [-0.25, -0.2) is 0 Å². The first-order valence-corrected chi connectivity index (χ1v) is 8.45. The standard InChI is InChI=1S/C16H25BrN4O.HI/c1-3-4-5-10-20-16(18-2)21-12-11-19-15(22)13-6-8-14(17)9-7-13;/h6-9H,3-5,10-12H2,1-2H3,(H,19,22)(H2,18,20,21);1H. The fourth-order valence-corrected chi connectivity index (χ4v) is 2.13. The quantitative estimate of drug-likeness (QED) is 0.224. The van der Waals surface area contributed by atoms with Crippen LogP contribution in [0.1, 0.15) is 36.5 Å². The van der Waals surface area contributed by atoms with Crippen molar-refractivity contribution in [3.8, 4) is 0 Å². The molecular formula is C16H26BrIN4O. The highest BCUT2D eigenvalue weighted by Crippen LogP contribution is 2.10. The van der Waals surface area contributed by atoms with Crippen molar-refractivity contribution in [3.63, 3.8) is 0 Å². The second kappa shape index (κ2) is 13.6. The van der Waals surface area contributed by atoms with Crippen LogP contribution in [-0.4, -0.2) is 38.5 Å². The Hall–Kier alpha value is -0.830. The molecule has 23 heavy (non-hydrogen) atoms. The number of unbranched alkanes of at least 4 members (excludes halogenated alkanes) is 2. The van der Waals surface area contributed by atoms with Gasteiger partial charge in [-0.1, -0.05) is 35.7 Å². The van der Waals surface area contributed by atoms with Crippen LogP contribution in [0.3, 0.4) is 0 Å². The molecule has 0 saturated carbocycles. The van der Waals surface area contributed by atoms with Gasteiger partial charge in [0.1, 0.15) is 0 Å². The summed E-state index contributed by atoms with van der Waals surface area (Å²) in [4.78, 5) is 16.1. The highest BCUT2D eigenvalue weighted by Gasteiger charge is 2.04. The Balaban J connectivity index is 0.00000484. The van der Waals surface area contributed by atoms with Crippen LogP contribution in [0.4, 0.5) is 0 Å². The Morgan fingerprint density at radius 2 is 1.65 bits per heavy atom. The summed E-state index contributed by atoms with van der Waals surface area (Å²) in [7, 11) is 1.75. The van der Waals surface area contributed by atoms with E-state index in [1.807, 2.05) is 12.1 Å². The minimum Gasteiger partial charge on any atom is -0.356 e. The van der Waals surface area contributed by atoms with E-state index < -0.39 is 0 Å². The molecule has 7 heteroatoms. The Labute approximate surface area is 164 Å². The molecule has 0 radical (unpaired) electrons. The van der Waals surface area contributed by atoms with E-state index >= 15 is 0 Å². The number of amides is 1. The smallest absolute Gasteiger partial charge is 0.251 e. The van der Waals surface area contributed by atoms with Gasteiger partial charge >= 0.3 is 0 Å². The molecule has 1 amide bonds. The van der Waals surface area contributed by atoms with Crippen LogP contribution in [0.15, 0.2) is 33.7 Å². The lowest BCUT2D eigenvalue weighted by molar-refractivity contribution is 0.0954. The van der Waals surface area contributed by atoms with E-state index in [1.54, 1.807) is 19.2 Å². The van der Waals surface area contributed by atoms with Crippen LogP contribution < -0.4 is 16.0 Å². The molecule has 0 aliphatic heterocycles. The van der Waals surface area contributed by atoms with Crippen molar-refractivity contribution in [2.24, 2.45) is 4.99 Å². The monoisotopic (exact) mass is 496 g/mol. The molecule has 0 spiro atoms. The molecule has 130 valence electrons. The number of nitrogens with zero attached hydrogens (tertiary/aromatic N) is 1. The van der Waals surface area contributed by atoms with Crippen molar-refractivity contribution >= 4 is 51.8 Å². The van der Waals surface area contributed by atoms with E-state index in [0.29, 0.717) is 18.7 Å². The predicted octanol–water partition coefficient (Wildman–Crippen LogP) is 3.15. The SMILES string of the molecule is CCCCCNC(=NC)NCCNC(=O)c1ccc(Br)cc1.I. The highest BCUT2D eigenvalue weighted by molar-refractivity contribution is 14.0. The third-order valence-corrected chi connectivity index (χ3v) is 3.63. The second-order valence-corrected chi connectivity index (χ2v) is 5.81. The summed E-state index contributed by atoms with van der Waals surface area (Å²) < 4.78 is 0.962. The number of halogens is 2. The molecule has 0 fully saturated rings.